The molecule has 4 rings (SSSR count). The zero-order valence-corrected chi connectivity index (χ0v) is 17.1. The molecule has 3 aromatic rings. The fourth-order valence-electron chi connectivity index (χ4n) is 3.50. The molecule has 2 heterocycles. The van der Waals surface area contributed by atoms with Crippen molar-refractivity contribution in [2.45, 2.75) is 44.3 Å². The molecule has 1 aliphatic carbocycles. The third-order valence-corrected chi connectivity index (χ3v) is 6.06. The number of thioether (sulfide) groups is 1. The van der Waals surface area contributed by atoms with Crippen molar-refractivity contribution in [1.82, 2.24) is 19.3 Å². The van der Waals surface area contributed by atoms with Crippen LogP contribution in [0.15, 0.2) is 54.2 Å². The highest BCUT2D eigenvalue weighted by Gasteiger charge is 2.31. The van der Waals surface area contributed by atoms with Gasteiger partial charge in [-0.15, -0.1) is 16.8 Å². The van der Waals surface area contributed by atoms with Gasteiger partial charge >= 0.3 is 0 Å². The van der Waals surface area contributed by atoms with Gasteiger partial charge in [-0.2, -0.15) is 0 Å². The number of Topliss-reactive ketones (excluding diaryl/α,β-unsaturated/α-hetero) is 1. The van der Waals surface area contributed by atoms with E-state index in [0.717, 1.165) is 46.5 Å². The molecule has 5 nitrogen and oxygen atoms in total. The molecule has 0 atom stereocenters. The van der Waals surface area contributed by atoms with E-state index in [-0.39, 0.29) is 5.78 Å². The second-order valence-electron chi connectivity index (χ2n) is 7.18. The van der Waals surface area contributed by atoms with Gasteiger partial charge in [0.15, 0.2) is 10.9 Å². The number of carbonyl (C=O) groups is 1. The smallest absolute Gasteiger partial charge is 0.196 e. The molecule has 0 aliphatic heterocycles. The van der Waals surface area contributed by atoms with Gasteiger partial charge in [0.05, 0.1) is 5.75 Å². The highest BCUT2D eigenvalue weighted by molar-refractivity contribution is 7.99. The van der Waals surface area contributed by atoms with Crippen LogP contribution in [0.3, 0.4) is 0 Å². The highest BCUT2D eigenvalue weighted by atomic mass is 32.2. The minimum Gasteiger partial charge on any atom is -0.345 e. The van der Waals surface area contributed by atoms with Crippen molar-refractivity contribution in [3.63, 3.8) is 0 Å². The van der Waals surface area contributed by atoms with E-state index in [4.69, 9.17) is 0 Å². The number of hydrogen-bond donors (Lipinski definition) is 0. The number of aryl methyl sites for hydroxylation is 1. The van der Waals surface area contributed by atoms with E-state index in [1.807, 2.05) is 44.2 Å². The van der Waals surface area contributed by atoms with Crippen molar-refractivity contribution in [3.05, 3.63) is 71.8 Å². The molecule has 0 N–H and O–H groups in total. The average Bonchev–Trinajstić information content (AvgIpc) is 3.41. The first kappa shape index (κ1) is 18.7. The third kappa shape index (κ3) is 3.56. The van der Waals surface area contributed by atoms with Gasteiger partial charge in [0.2, 0.25) is 0 Å². The Morgan fingerprint density at radius 1 is 1.25 bits per heavy atom. The van der Waals surface area contributed by atoms with Gasteiger partial charge in [0.1, 0.15) is 5.82 Å². The third-order valence-electron chi connectivity index (χ3n) is 5.13. The summed E-state index contributed by atoms with van der Waals surface area (Å²) in [5.41, 5.74) is 3.90. The van der Waals surface area contributed by atoms with E-state index in [9.17, 15) is 4.79 Å². The maximum absolute atomic E-state index is 12.9. The fourth-order valence-corrected chi connectivity index (χ4v) is 4.34. The molecule has 6 heteroatoms. The number of allylic oxidation sites excluding steroid dienone is 1. The number of rotatable bonds is 8. The lowest BCUT2D eigenvalue weighted by Gasteiger charge is -2.09. The van der Waals surface area contributed by atoms with Crippen LogP contribution in [0, 0.1) is 13.8 Å². The van der Waals surface area contributed by atoms with Crippen LogP contribution < -0.4 is 0 Å². The van der Waals surface area contributed by atoms with Gasteiger partial charge < -0.3 is 4.57 Å². The molecule has 0 amide bonds. The van der Waals surface area contributed by atoms with Crippen molar-refractivity contribution in [2.75, 3.05) is 5.75 Å². The normalized spacial score (nSPS) is 13.6. The number of nitrogens with zero attached hydrogens (tertiary/aromatic N) is 4. The topological polar surface area (TPSA) is 52.7 Å². The summed E-state index contributed by atoms with van der Waals surface area (Å²) in [6, 6.07) is 12.1. The van der Waals surface area contributed by atoms with E-state index in [2.05, 4.69) is 38.0 Å². The number of aromatic nitrogens is 4. The summed E-state index contributed by atoms with van der Waals surface area (Å²) in [5, 5.41) is 9.61. The maximum atomic E-state index is 12.9. The van der Waals surface area contributed by atoms with E-state index in [0.29, 0.717) is 18.2 Å². The monoisotopic (exact) mass is 392 g/mol. The zero-order chi connectivity index (χ0) is 19.7. The Morgan fingerprint density at radius 3 is 2.68 bits per heavy atom. The van der Waals surface area contributed by atoms with Gasteiger partial charge in [0.25, 0.3) is 0 Å². The number of carbonyl (C=O) groups excluding carboxylic acids is 1. The number of hydrogen-bond acceptors (Lipinski definition) is 4. The van der Waals surface area contributed by atoms with Crippen LogP contribution in [-0.2, 0) is 6.54 Å². The molecule has 0 spiro atoms. The van der Waals surface area contributed by atoms with Crippen LogP contribution in [0.4, 0.5) is 0 Å². The molecule has 1 aliphatic rings. The first-order chi connectivity index (χ1) is 13.6. The summed E-state index contributed by atoms with van der Waals surface area (Å²) in [7, 11) is 0. The molecule has 1 fully saturated rings. The number of para-hydroxylation sites is 1. The summed E-state index contributed by atoms with van der Waals surface area (Å²) < 4.78 is 4.22. The Kier molecular flexibility index (Phi) is 5.22. The molecular weight excluding hydrogens is 368 g/mol. The average molecular weight is 393 g/mol. The second kappa shape index (κ2) is 7.80. The maximum Gasteiger partial charge on any atom is 0.196 e. The minimum atomic E-state index is 0.115. The Bertz CT molecular complexity index is 1010. The predicted octanol–water partition coefficient (Wildman–Crippen LogP) is 4.72. The lowest BCUT2D eigenvalue weighted by molar-refractivity contribution is 0.102. The molecule has 28 heavy (non-hydrogen) atoms. The second-order valence-corrected chi connectivity index (χ2v) is 8.12. The van der Waals surface area contributed by atoms with E-state index >= 15 is 0 Å². The van der Waals surface area contributed by atoms with E-state index < -0.39 is 0 Å². The van der Waals surface area contributed by atoms with Crippen molar-refractivity contribution in [1.29, 1.82) is 0 Å². The molecule has 1 aromatic carbocycles. The van der Waals surface area contributed by atoms with E-state index in [1.54, 1.807) is 0 Å². The SMILES string of the molecule is C=CCn1c(C)cc(C(=O)CSc2nnc(C3CC3)n2-c2ccccc2)c1C. The lowest BCUT2D eigenvalue weighted by Crippen LogP contribution is -2.07. The van der Waals surface area contributed by atoms with Crippen molar-refractivity contribution < 1.29 is 4.79 Å². The van der Waals surface area contributed by atoms with Crippen molar-refractivity contribution in [3.8, 4) is 5.69 Å². The molecular formula is C22H24N4OS. The van der Waals surface area contributed by atoms with Crippen LogP contribution in [0.1, 0.15) is 46.3 Å². The van der Waals surface area contributed by atoms with Gasteiger partial charge in [-0.25, -0.2) is 0 Å². The number of ketones is 1. The predicted molar refractivity (Wildman–Crippen MR) is 112 cm³/mol. The summed E-state index contributed by atoms with van der Waals surface area (Å²) in [6.45, 7) is 8.53. The Labute approximate surface area is 169 Å². The van der Waals surface area contributed by atoms with Crippen LogP contribution in [0.2, 0.25) is 0 Å². The van der Waals surface area contributed by atoms with Crippen LogP contribution in [0.25, 0.3) is 5.69 Å². The van der Waals surface area contributed by atoms with Crippen molar-refractivity contribution >= 4 is 17.5 Å². The summed E-state index contributed by atoms with van der Waals surface area (Å²) in [4.78, 5) is 12.9. The van der Waals surface area contributed by atoms with Gasteiger partial charge in [-0.3, -0.25) is 9.36 Å². The molecule has 0 saturated heterocycles. The Balaban J connectivity index is 1.57. The Morgan fingerprint density at radius 2 is 2.00 bits per heavy atom. The molecule has 0 bridgehead atoms. The quantitative estimate of drug-likeness (QED) is 0.316. The Hall–Kier alpha value is -2.60. The molecule has 1 saturated carbocycles. The molecule has 0 unspecified atom stereocenters. The first-order valence-electron chi connectivity index (χ1n) is 9.54. The van der Waals surface area contributed by atoms with E-state index in [1.165, 1.54) is 11.8 Å². The summed E-state index contributed by atoms with van der Waals surface area (Å²) in [5.74, 6) is 1.94. The van der Waals surface area contributed by atoms with Gasteiger partial charge in [-0.05, 0) is 44.9 Å². The largest absolute Gasteiger partial charge is 0.345 e. The summed E-state index contributed by atoms with van der Waals surface area (Å²) in [6.07, 6.45) is 4.17. The van der Waals surface area contributed by atoms with Crippen LogP contribution >= 0.6 is 11.8 Å². The molecule has 2 aromatic heterocycles. The first-order valence-corrected chi connectivity index (χ1v) is 10.5. The highest BCUT2D eigenvalue weighted by Crippen LogP contribution is 2.41. The van der Waals surface area contributed by atoms with Crippen LogP contribution in [0.5, 0.6) is 0 Å². The number of benzene rings is 1. The minimum absolute atomic E-state index is 0.115. The van der Waals surface area contributed by atoms with Crippen molar-refractivity contribution in [2.24, 2.45) is 0 Å². The fraction of sp³-hybridized carbons (Fsp3) is 0.318. The van der Waals surface area contributed by atoms with Gasteiger partial charge in [-0.1, -0.05) is 36.0 Å². The molecule has 0 radical (unpaired) electrons. The standard InChI is InChI=1S/C22H24N4OS/c1-4-12-25-15(2)13-19(16(25)3)20(27)14-28-22-24-23-21(17-10-11-17)26(22)18-8-6-5-7-9-18/h4-9,13,17H,1,10-12,14H2,2-3H3. The lowest BCUT2D eigenvalue weighted by atomic mass is 10.2. The molecule has 144 valence electrons. The zero-order valence-electron chi connectivity index (χ0n) is 16.3. The van der Waals surface area contributed by atoms with Crippen LogP contribution in [-0.4, -0.2) is 30.9 Å². The van der Waals surface area contributed by atoms with Gasteiger partial charge in [0, 0.05) is 35.1 Å². The summed E-state index contributed by atoms with van der Waals surface area (Å²) >= 11 is 1.46.